The number of piperidine rings is 1. The number of hydrogen-bond acceptors (Lipinski definition) is 3. The predicted molar refractivity (Wildman–Crippen MR) is 81.7 cm³/mol. The molecule has 3 nitrogen and oxygen atoms in total. The van der Waals surface area contributed by atoms with Gasteiger partial charge in [0.25, 0.3) is 0 Å². The van der Waals surface area contributed by atoms with Crippen LogP contribution in [0.5, 0.6) is 0 Å². The Hall–Kier alpha value is -0.900. The normalized spacial score (nSPS) is 28.9. The van der Waals surface area contributed by atoms with Crippen LogP contribution in [0.15, 0.2) is 24.3 Å². The van der Waals surface area contributed by atoms with Crippen molar-refractivity contribution >= 4 is 0 Å². The first-order valence-corrected chi connectivity index (χ1v) is 7.95. The minimum Gasteiger partial charge on any atom is -0.372 e. The SMILES string of the molecule is CC(N)C1CCCCN1CC1OCCc2ccccc21. The monoisotopic (exact) mass is 274 g/mol. The number of nitrogens with two attached hydrogens (primary N) is 1. The lowest BCUT2D eigenvalue weighted by atomic mass is 9.93. The topological polar surface area (TPSA) is 38.5 Å². The van der Waals surface area contributed by atoms with Crippen LogP contribution in [0.2, 0.25) is 0 Å². The summed E-state index contributed by atoms with van der Waals surface area (Å²) >= 11 is 0. The number of nitrogens with zero attached hydrogens (tertiary/aromatic N) is 1. The van der Waals surface area contributed by atoms with Crippen molar-refractivity contribution < 1.29 is 4.74 Å². The molecule has 2 aliphatic rings. The number of likely N-dealkylation sites (tertiary alicyclic amines) is 1. The number of hydrogen-bond donors (Lipinski definition) is 1. The second-order valence-electron chi connectivity index (χ2n) is 6.23. The fourth-order valence-corrected chi connectivity index (χ4v) is 3.68. The zero-order chi connectivity index (χ0) is 13.9. The molecule has 20 heavy (non-hydrogen) atoms. The van der Waals surface area contributed by atoms with Gasteiger partial charge in [-0.25, -0.2) is 0 Å². The standard InChI is InChI=1S/C17H26N2O/c1-13(18)16-8-4-5-10-19(16)12-17-15-7-3-2-6-14(15)9-11-20-17/h2-3,6-7,13,16-17H,4-5,8-12,18H2,1H3. The van der Waals surface area contributed by atoms with Crippen molar-refractivity contribution in [2.45, 2.75) is 50.8 Å². The molecule has 2 N–H and O–H groups in total. The van der Waals surface area contributed by atoms with Crippen molar-refractivity contribution in [1.29, 1.82) is 0 Å². The van der Waals surface area contributed by atoms with Crippen LogP contribution in [0.1, 0.15) is 43.4 Å². The van der Waals surface area contributed by atoms with Crippen molar-refractivity contribution in [3.8, 4) is 0 Å². The molecule has 0 radical (unpaired) electrons. The van der Waals surface area contributed by atoms with E-state index >= 15 is 0 Å². The molecule has 1 fully saturated rings. The van der Waals surface area contributed by atoms with E-state index in [-0.39, 0.29) is 12.1 Å². The van der Waals surface area contributed by atoms with E-state index in [9.17, 15) is 0 Å². The van der Waals surface area contributed by atoms with E-state index in [2.05, 4.69) is 36.1 Å². The molecule has 1 aromatic carbocycles. The predicted octanol–water partition coefficient (Wildman–Crippen LogP) is 2.50. The molecule has 1 aromatic rings. The summed E-state index contributed by atoms with van der Waals surface area (Å²) in [5.74, 6) is 0. The van der Waals surface area contributed by atoms with Crippen LogP contribution in [0, 0.1) is 0 Å². The summed E-state index contributed by atoms with van der Waals surface area (Å²) in [6.45, 7) is 5.13. The Bertz CT molecular complexity index is 446. The van der Waals surface area contributed by atoms with Crippen LogP contribution in [0.25, 0.3) is 0 Å². The van der Waals surface area contributed by atoms with Gasteiger partial charge in [0.15, 0.2) is 0 Å². The van der Waals surface area contributed by atoms with Gasteiger partial charge in [-0.05, 0) is 43.9 Å². The summed E-state index contributed by atoms with van der Waals surface area (Å²) in [5, 5.41) is 0. The third-order valence-corrected chi connectivity index (χ3v) is 4.76. The Labute approximate surface area is 122 Å². The highest BCUT2D eigenvalue weighted by Crippen LogP contribution is 2.30. The molecule has 3 atom stereocenters. The highest BCUT2D eigenvalue weighted by molar-refractivity contribution is 5.31. The molecule has 3 rings (SSSR count). The maximum atomic E-state index is 6.17. The number of ether oxygens (including phenoxy) is 1. The van der Waals surface area contributed by atoms with Crippen molar-refractivity contribution in [1.82, 2.24) is 4.90 Å². The molecule has 0 spiro atoms. The summed E-state index contributed by atoms with van der Waals surface area (Å²) in [7, 11) is 0. The van der Waals surface area contributed by atoms with Gasteiger partial charge in [0, 0.05) is 18.6 Å². The molecule has 2 aliphatic heterocycles. The maximum absolute atomic E-state index is 6.17. The first-order chi connectivity index (χ1) is 9.75. The molecule has 2 heterocycles. The van der Waals surface area contributed by atoms with Gasteiger partial charge in [0.2, 0.25) is 0 Å². The van der Waals surface area contributed by atoms with Crippen LogP contribution < -0.4 is 5.73 Å². The van der Waals surface area contributed by atoms with Crippen molar-refractivity contribution in [3.05, 3.63) is 35.4 Å². The van der Waals surface area contributed by atoms with Crippen molar-refractivity contribution in [2.75, 3.05) is 19.7 Å². The summed E-state index contributed by atoms with van der Waals surface area (Å²) < 4.78 is 6.05. The zero-order valence-corrected chi connectivity index (χ0v) is 12.4. The first kappa shape index (κ1) is 14.1. The maximum Gasteiger partial charge on any atom is 0.0954 e. The molecular formula is C17H26N2O. The quantitative estimate of drug-likeness (QED) is 0.920. The highest BCUT2D eigenvalue weighted by atomic mass is 16.5. The summed E-state index contributed by atoms with van der Waals surface area (Å²) in [6.07, 6.45) is 5.09. The lowest BCUT2D eigenvalue weighted by Crippen LogP contribution is -2.50. The third-order valence-electron chi connectivity index (χ3n) is 4.76. The molecule has 3 unspecified atom stereocenters. The van der Waals surface area contributed by atoms with Crippen LogP contribution in [-0.4, -0.2) is 36.7 Å². The van der Waals surface area contributed by atoms with E-state index in [1.54, 1.807) is 0 Å². The average molecular weight is 274 g/mol. The van der Waals surface area contributed by atoms with Gasteiger partial charge in [-0.2, -0.15) is 0 Å². The summed E-state index contributed by atoms with van der Waals surface area (Å²) in [5.41, 5.74) is 9.01. The van der Waals surface area contributed by atoms with Gasteiger partial charge in [0.1, 0.15) is 0 Å². The molecule has 0 bridgehead atoms. The van der Waals surface area contributed by atoms with Gasteiger partial charge >= 0.3 is 0 Å². The van der Waals surface area contributed by atoms with Gasteiger partial charge < -0.3 is 10.5 Å². The Morgan fingerprint density at radius 1 is 1.35 bits per heavy atom. The first-order valence-electron chi connectivity index (χ1n) is 7.95. The molecule has 110 valence electrons. The number of benzene rings is 1. The summed E-state index contributed by atoms with van der Waals surface area (Å²) in [4.78, 5) is 2.56. The van der Waals surface area contributed by atoms with Gasteiger partial charge in [-0.1, -0.05) is 30.7 Å². The Morgan fingerprint density at radius 3 is 3.05 bits per heavy atom. The molecule has 0 aliphatic carbocycles. The van der Waals surface area contributed by atoms with E-state index in [4.69, 9.17) is 10.5 Å². The third kappa shape index (κ3) is 2.90. The van der Waals surface area contributed by atoms with Gasteiger partial charge in [-0.15, -0.1) is 0 Å². The second kappa shape index (κ2) is 6.25. The number of rotatable bonds is 3. The second-order valence-corrected chi connectivity index (χ2v) is 6.23. The van der Waals surface area contributed by atoms with E-state index < -0.39 is 0 Å². The largest absolute Gasteiger partial charge is 0.372 e. The Morgan fingerprint density at radius 2 is 2.20 bits per heavy atom. The smallest absolute Gasteiger partial charge is 0.0954 e. The Balaban J connectivity index is 1.74. The Kier molecular flexibility index (Phi) is 4.39. The fourth-order valence-electron chi connectivity index (χ4n) is 3.68. The number of fused-ring (bicyclic) bond motifs is 1. The van der Waals surface area contributed by atoms with Gasteiger partial charge in [0.05, 0.1) is 12.7 Å². The lowest BCUT2D eigenvalue weighted by Gasteiger charge is -2.40. The molecule has 0 amide bonds. The van der Waals surface area contributed by atoms with Crippen LogP contribution in [-0.2, 0) is 11.2 Å². The van der Waals surface area contributed by atoms with E-state index in [0.29, 0.717) is 6.04 Å². The van der Waals surface area contributed by atoms with E-state index in [0.717, 1.165) is 26.1 Å². The van der Waals surface area contributed by atoms with Gasteiger partial charge in [-0.3, -0.25) is 4.90 Å². The summed E-state index contributed by atoms with van der Waals surface area (Å²) in [6, 6.07) is 9.48. The van der Waals surface area contributed by atoms with Crippen LogP contribution in [0.3, 0.4) is 0 Å². The highest BCUT2D eigenvalue weighted by Gasteiger charge is 2.30. The fraction of sp³-hybridized carbons (Fsp3) is 0.647. The zero-order valence-electron chi connectivity index (χ0n) is 12.4. The minimum atomic E-state index is 0.222. The van der Waals surface area contributed by atoms with Crippen molar-refractivity contribution in [2.24, 2.45) is 5.73 Å². The molecule has 0 aromatic heterocycles. The molecule has 1 saturated heterocycles. The molecular weight excluding hydrogens is 248 g/mol. The lowest BCUT2D eigenvalue weighted by molar-refractivity contribution is -0.00416. The molecule has 0 saturated carbocycles. The average Bonchev–Trinajstić information content (AvgIpc) is 2.48. The van der Waals surface area contributed by atoms with E-state index in [1.165, 1.54) is 30.4 Å². The van der Waals surface area contributed by atoms with Crippen LogP contribution in [0.4, 0.5) is 0 Å². The van der Waals surface area contributed by atoms with E-state index in [1.807, 2.05) is 0 Å². The molecule has 3 heteroatoms. The van der Waals surface area contributed by atoms with Crippen molar-refractivity contribution in [3.63, 3.8) is 0 Å². The minimum absolute atomic E-state index is 0.222. The van der Waals surface area contributed by atoms with Crippen LogP contribution >= 0.6 is 0 Å².